The van der Waals surface area contributed by atoms with E-state index in [1.807, 2.05) is 0 Å². The Hall–Kier alpha value is 0.700. The number of hydrogen-bond acceptors (Lipinski definition) is 2. The summed E-state index contributed by atoms with van der Waals surface area (Å²) in [6, 6.07) is 0. The molecule has 0 unspecified atom stereocenters. The average Bonchev–Trinajstić information content (AvgIpc) is 2.00. The Bertz CT molecular complexity index is 202. The lowest BCUT2D eigenvalue weighted by atomic mass is 9.80. The van der Waals surface area contributed by atoms with Gasteiger partial charge in [-0.3, -0.25) is 0 Å². The summed E-state index contributed by atoms with van der Waals surface area (Å²) in [6.07, 6.45) is 2.70. The van der Waals surface area contributed by atoms with Crippen LogP contribution in [0.3, 0.4) is 0 Å². The van der Waals surface area contributed by atoms with E-state index in [-0.39, 0.29) is 0 Å². The summed E-state index contributed by atoms with van der Waals surface area (Å²) >= 11 is 4.41. The van der Waals surface area contributed by atoms with Crippen molar-refractivity contribution in [3.8, 4) is 0 Å². The molecule has 1 heterocycles. The van der Waals surface area contributed by atoms with Gasteiger partial charge in [-0.05, 0) is 35.2 Å². The minimum absolute atomic E-state index is 0.399. The third-order valence-electron chi connectivity index (χ3n) is 2.86. The van der Waals surface area contributed by atoms with Crippen LogP contribution in [0.1, 0.15) is 54.4 Å². The largest absolute Gasteiger partial charge is 0.144 e. The molecule has 0 amide bonds. The Morgan fingerprint density at radius 1 is 0.933 bits per heavy atom. The van der Waals surface area contributed by atoms with E-state index in [2.05, 4.69) is 65.1 Å². The van der Waals surface area contributed by atoms with Crippen molar-refractivity contribution >= 4 is 23.5 Å². The lowest BCUT2D eigenvalue weighted by Crippen LogP contribution is -2.42. The van der Waals surface area contributed by atoms with E-state index in [1.54, 1.807) is 0 Å². The molecule has 0 aromatic rings. The van der Waals surface area contributed by atoms with Crippen LogP contribution in [0.15, 0.2) is 0 Å². The van der Waals surface area contributed by atoms with Gasteiger partial charge in [-0.1, -0.05) is 41.5 Å². The van der Waals surface area contributed by atoms with Crippen LogP contribution in [0.2, 0.25) is 0 Å². The summed E-state index contributed by atoms with van der Waals surface area (Å²) < 4.78 is 0.434. The zero-order chi connectivity index (χ0) is 11.7. The third kappa shape index (κ3) is 3.59. The third-order valence-corrected chi connectivity index (χ3v) is 7.00. The molecule has 0 saturated carbocycles. The molecule has 1 saturated heterocycles. The lowest BCUT2D eigenvalue weighted by molar-refractivity contribution is 0.264. The number of hydrogen-bond donors (Lipinski definition) is 0. The van der Waals surface area contributed by atoms with Crippen LogP contribution < -0.4 is 0 Å². The molecule has 0 nitrogen and oxygen atoms in total. The van der Waals surface area contributed by atoms with E-state index in [0.29, 0.717) is 14.9 Å². The standard InChI is InChI=1S/C13H26S2/c1-11(2,3)10-13(12(4,5)6)14-8-7-9-15-13/h7-10H2,1-6H3. The van der Waals surface area contributed by atoms with E-state index in [4.69, 9.17) is 0 Å². The number of rotatable bonds is 1. The Morgan fingerprint density at radius 3 is 1.73 bits per heavy atom. The predicted molar refractivity (Wildman–Crippen MR) is 75.8 cm³/mol. The van der Waals surface area contributed by atoms with Gasteiger partial charge in [-0.2, -0.15) is 0 Å². The van der Waals surface area contributed by atoms with E-state index in [9.17, 15) is 0 Å². The summed E-state index contributed by atoms with van der Waals surface area (Å²) in [4.78, 5) is 0. The fourth-order valence-electron chi connectivity index (χ4n) is 2.07. The normalized spacial score (nSPS) is 22.8. The van der Waals surface area contributed by atoms with Crippen LogP contribution >= 0.6 is 23.5 Å². The molecule has 0 spiro atoms. The second kappa shape index (κ2) is 4.52. The molecule has 1 rings (SSSR count). The van der Waals surface area contributed by atoms with E-state index in [1.165, 1.54) is 24.3 Å². The Kier molecular flexibility index (Phi) is 4.15. The highest BCUT2D eigenvalue weighted by Crippen LogP contribution is 2.58. The molecule has 0 N–H and O–H groups in total. The van der Waals surface area contributed by atoms with Crippen LogP contribution in [0.25, 0.3) is 0 Å². The van der Waals surface area contributed by atoms with Gasteiger partial charge in [0.2, 0.25) is 0 Å². The van der Waals surface area contributed by atoms with Crippen molar-refractivity contribution in [2.45, 2.75) is 58.5 Å². The predicted octanol–water partition coefficient (Wildman–Crippen LogP) is 5.04. The first-order chi connectivity index (χ1) is 6.66. The fraction of sp³-hybridized carbons (Fsp3) is 1.00. The van der Waals surface area contributed by atoms with Crippen LogP contribution in [-0.4, -0.2) is 15.6 Å². The van der Waals surface area contributed by atoms with Crippen LogP contribution in [-0.2, 0) is 0 Å². The molecule has 0 aromatic heterocycles. The quantitative estimate of drug-likeness (QED) is 0.636. The van der Waals surface area contributed by atoms with Gasteiger partial charge < -0.3 is 0 Å². The molecule has 15 heavy (non-hydrogen) atoms. The van der Waals surface area contributed by atoms with Crippen LogP contribution in [0, 0.1) is 10.8 Å². The summed E-state index contributed by atoms with van der Waals surface area (Å²) in [5, 5.41) is 0. The Morgan fingerprint density at radius 2 is 1.40 bits per heavy atom. The van der Waals surface area contributed by atoms with Gasteiger partial charge in [0, 0.05) is 0 Å². The monoisotopic (exact) mass is 246 g/mol. The van der Waals surface area contributed by atoms with Crippen molar-refractivity contribution in [3.05, 3.63) is 0 Å². The van der Waals surface area contributed by atoms with E-state index < -0.39 is 0 Å². The molecule has 0 aliphatic carbocycles. The maximum Gasteiger partial charge on any atom is 0.0664 e. The van der Waals surface area contributed by atoms with Crippen LogP contribution in [0.4, 0.5) is 0 Å². The van der Waals surface area contributed by atoms with Gasteiger partial charge in [0.1, 0.15) is 0 Å². The highest BCUT2D eigenvalue weighted by Gasteiger charge is 2.46. The topological polar surface area (TPSA) is 0 Å². The van der Waals surface area contributed by atoms with Gasteiger partial charge in [0.05, 0.1) is 4.08 Å². The smallest absolute Gasteiger partial charge is 0.0664 e. The van der Waals surface area contributed by atoms with Crippen molar-refractivity contribution < 1.29 is 0 Å². The molecule has 1 aliphatic heterocycles. The highest BCUT2D eigenvalue weighted by molar-refractivity contribution is 8.18. The minimum atomic E-state index is 0.399. The first-order valence-electron chi connectivity index (χ1n) is 5.94. The second-order valence-electron chi connectivity index (χ2n) is 6.79. The van der Waals surface area contributed by atoms with Crippen molar-refractivity contribution in [3.63, 3.8) is 0 Å². The molecular weight excluding hydrogens is 220 g/mol. The van der Waals surface area contributed by atoms with Crippen LogP contribution in [0.5, 0.6) is 0 Å². The summed E-state index contributed by atoms with van der Waals surface area (Å²) in [7, 11) is 0. The van der Waals surface area contributed by atoms with Gasteiger partial charge in [-0.15, -0.1) is 23.5 Å². The molecule has 1 aliphatic rings. The minimum Gasteiger partial charge on any atom is -0.144 e. The first-order valence-corrected chi connectivity index (χ1v) is 7.91. The van der Waals surface area contributed by atoms with E-state index in [0.717, 1.165) is 0 Å². The maximum atomic E-state index is 2.41. The average molecular weight is 246 g/mol. The second-order valence-corrected chi connectivity index (χ2v) is 9.84. The van der Waals surface area contributed by atoms with Gasteiger partial charge in [0.15, 0.2) is 0 Å². The molecule has 2 heteroatoms. The Balaban J connectivity index is 2.86. The molecule has 0 aromatic carbocycles. The van der Waals surface area contributed by atoms with Gasteiger partial charge in [-0.25, -0.2) is 0 Å². The van der Waals surface area contributed by atoms with Crippen molar-refractivity contribution in [1.29, 1.82) is 0 Å². The molecule has 1 fully saturated rings. The zero-order valence-electron chi connectivity index (χ0n) is 11.1. The van der Waals surface area contributed by atoms with Crippen molar-refractivity contribution in [2.24, 2.45) is 10.8 Å². The Labute approximate surface area is 104 Å². The summed E-state index contributed by atoms with van der Waals surface area (Å²) in [6.45, 7) is 14.3. The SMILES string of the molecule is CC(C)(C)CC1(C(C)(C)C)SCCCS1. The highest BCUT2D eigenvalue weighted by atomic mass is 32.2. The zero-order valence-corrected chi connectivity index (χ0v) is 12.8. The summed E-state index contributed by atoms with van der Waals surface area (Å²) in [5.74, 6) is 2.70. The van der Waals surface area contributed by atoms with Crippen molar-refractivity contribution in [1.82, 2.24) is 0 Å². The first kappa shape index (κ1) is 13.8. The molecular formula is C13H26S2. The molecule has 90 valence electrons. The molecule has 0 bridgehead atoms. The summed E-state index contributed by atoms with van der Waals surface area (Å²) in [5.41, 5.74) is 0.834. The van der Waals surface area contributed by atoms with Gasteiger partial charge in [0.25, 0.3) is 0 Å². The van der Waals surface area contributed by atoms with E-state index >= 15 is 0 Å². The molecule has 0 radical (unpaired) electrons. The lowest BCUT2D eigenvalue weighted by Gasteiger charge is -2.49. The van der Waals surface area contributed by atoms with Crippen molar-refractivity contribution in [2.75, 3.05) is 11.5 Å². The number of thioether (sulfide) groups is 2. The molecule has 0 atom stereocenters. The maximum absolute atomic E-state index is 2.41. The van der Waals surface area contributed by atoms with Gasteiger partial charge >= 0.3 is 0 Å². The fourth-order valence-corrected chi connectivity index (χ4v) is 6.26.